The molecule has 0 saturated heterocycles. The first-order valence-electron chi connectivity index (χ1n) is 16.8. The van der Waals surface area contributed by atoms with Crippen molar-refractivity contribution >= 4 is 12.1 Å². The van der Waals surface area contributed by atoms with Gasteiger partial charge in [0, 0.05) is 6.42 Å². The zero-order valence-corrected chi connectivity index (χ0v) is 27.0. The van der Waals surface area contributed by atoms with Crippen LogP contribution in [0.2, 0.25) is 0 Å². The minimum absolute atomic E-state index is 0.0382. The van der Waals surface area contributed by atoms with E-state index in [0.717, 1.165) is 55.3 Å². The summed E-state index contributed by atoms with van der Waals surface area (Å²) < 4.78 is 10.5. The fourth-order valence-corrected chi connectivity index (χ4v) is 9.64. The predicted molar refractivity (Wildman–Crippen MR) is 163 cm³/mol. The van der Waals surface area contributed by atoms with Crippen LogP contribution >= 0.6 is 0 Å². The highest BCUT2D eigenvalue weighted by Gasteiger charge is 2.59. The van der Waals surface area contributed by atoms with Crippen LogP contribution in [0.4, 0.5) is 4.79 Å². The Labute approximate surface area is 257 Å². The van der Waals surface area contributed by atoms with Gasteiger partial charge in [-0.2, -0.15) is 0 Å². The number of aliphatic hydroxyl groups is 4. The molecule has 3 saturated carbocycles. The number of fused-ring (bicyclic) bond motifs is 5. The van der Waals surface area contributed by atoms with Crippen LogP contribution in [-0.2, 0) is 14.3 Å². The maximum atomic E-state index is 12.5. The van der Waals surface area contributed by atoms with E-state index in [1.807, 2.05) is 0 Å². The fraction of sp³-hybridized carbons (Fsp3) is 0.882. The van der Waals surface area contributed by atoms with Gasteiger partial charge >= 0.3 is 12.1 Å². The molecule has 0 radical (unpaired) electrons. The predicted octanol–water partition coefficient (Wildman–Crippen LogP) is 4.70. The summed E-state index contributed by atoms with van der Waals surface area (Å²) in [5.74, 6) is 3.50. The molecule has 0 spiro atoms. The molecule has 0 aromatic rings. The number of aliphatic hydroxyl groups excluding tert-OH is 3. The molecule has 4 rings (SSSR count). The van der Waals surface area contributed by atoms with Crippen molar-refractivity contribution in [1.29, 1.82) is 0 Å². The van der Waals surface area contributed by atoms with Crippen molar-refractivity contribution in [2.75, 3.05) is 13.2 Å². The van der Waals surface area contributed by atoms with Crippen LogP contribution in [-0.4, -0.2) is 70.2 Å². The summed E-state index contributed by atoms with van der Waals surface area (Å²) >= 11 is 0. The standard InChI is InChI=1S/C34H57NO8/c1-20(2)7-6-8-21(3)25-11-12-26-24-10-9-22-19-23(13-15-33(22,4)27(24)14-16-34(25,26)5)43-32(41)35-17-18-42-31(40)29(37)28(36)30(38)39/h9,20-21,23-30,36-39H,6-8,10-19H2,1-5H3,(H,35,41)/t21?,23-,24?,25+,26?,27?,28-,29-,33-,34+/m0/s1. The number of amides is 1. The van der Waals surface area contributed by atoms with Crippen molar-refractivity contribution < 1.29 is 39.5 Å². The Morgan fingerprint density at radius 3 is 2.44 bits per heavy atom. The molecule has 0 bridgehead atoms. The number of allylic oxidation sites excluding steroid dienone is 1. The smallest absolute Gasteiger partial charge is 0.407 e. The van der Waals surface area contributed by atoms with E-state index in [1.165, 1.54) is 50.5 Å². The van der Waals surface area contributed by atoms with Gasteiger partial charge in [0.25, 0.3) is 0 Å². The summed E-state index contributed by atoms with van der Waals surface area (Å²) in [5, 5.41) is 39.2. The van der Waals surface area contributed by atoms with Crippen LogP contribution in [0.15, 0.2) is 11.6 Å². The number of ether oxygens (including phenoxy) is 2. The van der Waals surface area contributed by atoms with Crippen molar-refractivity contribution in [3.63, 3.8) is 0 Å². The SMILES string of the molecule is CC(C)CCCC(C)[C@H]1CCC2C3CC=C4C[C@@H](OC(=O)NCCOC(=O)[C@@H](O)[C@H](O)C(O)O)CC[C@]4(C)C3CC[C@@]21C. The Morgan fingerprint density at radius 1 is 1.00 bits per heavy atom. The molecule has 1 amide bonds. The maximum Gasteiger partial charge on any atom is 0.407 e. The lowest BCUT2D eigenvalue weighted by Crippen LogP contribution is -2.51. The van der Waals surface area contributed by atoms with E-state index in [1.54, 1.807) is 0 Å². The average molecular weight is 608 g/mol. The number of carbonyl (C=O) groups excluding carboxylic acids is 2. The van der Waals surface area contributed by atoms with Crippen LogP contribution in [0.5, 0.6) is 0 Å². The van der Waals surface area contributed by atoms with Gasteiger partial charge in [-0.15, -0.1) is 0 Å². The van der Waals surface area contributed by atoms with E-state index in [2.05, 4.69) is 46.0 Å². The molecule has 4 aliphatic rings. The monoisotopic (exact) mass is 607 g/mol. The molecule has 5 N–H and O–H groups in total. The van der Waals surface area contributed by atoms with Crippen molar-refractivity contribution in [2.45, 2.75) is 130 Å². The van der Waals surface area contributed by atoms with Gasteiger partial charge in [-0.1, -0.05) is 65.5 Å². The number of rotatable bonds is 12. The van der Waals surface area contributed by atoms with E-state index in [0.29, 0.717) is 11.3 Å². The quantitative estimate of drug-likeness (QED) is 0.0929. The van der Waals surface area contributed by atoms with E-state index < -0.39 is 30.6 Å². The number of esters is 1. The Balaban J connectivity index is 1.26. The molecule has 0 heterocycles. The van der Waals surface area contributed by atoms with E-state index in [-0.39, 0.29) is 24.7 Å². The Morgan fingerprint density at radius 2 is 1.74 bits per heavy atom. The zero-order chi connectivity index (χ0) is 31.5. The van der Waals surface area contributed by atoms with Gasteiger partial charge in [-0.25, -0.2) is 9.59 Å². The molecule has 246 valence electrons. The minimum Gasteiger partial charge on any atom is -0.462 e. The lowest BCUT2D eigenvalue weighted by Gasteiger charge is -2.58. The fourth-order valence-electron chi connectivity index (χ4n) is 9.64. The number of carbonyl (C=O) groups is 2. The van der Waals surface area contributed by atoms with Gasteiger partial charge in [0.2, 0.25) is 0 Å². The van der Waals surface area contributed by atoms with Crippen LogP contribution in [0, 0.1) is 46.3 Å². The highest BCUT2D eigenvalue weighted by molar-refractivity contribution is 5.75. The van der Waals surface area contributed by atoms with Gasteiger partial charge < -0.3 is 35.2 Å². The minimum atomic E-state index is -2.27. The summed E-state index contributed by atoms with van der Waals surface area (Å²) in [5.41, 5.74) is 2.08. The Kier molecular flexibility index (Phi) is 11.3. The van der Waals surface area contributed by atoms with Crippen LogP contribution < -0.4 is 5.32 Å². The molecule has 4 unspecified atom stereocenters. The topological polar surface area (TPSA) is 146 Å². The molecule has 10 atom stereocenters. The first-order valence-corrected chi connectivity index (χ1v) is 16.8. The summed E-state index contributed by atoms with van der Waals surface area (Å²) in [6, 6.07) is 0. The second kappa shape index (κ2) is 14.2. The first kappa shape index (κ1) is 34.2. The van der Waals surface area contributed by atoms with Crippen molar-refractivity contribution in [3.05, 3.63) is 11.6 Å². The van der Waals surface area contributed by atoms with E-state index >= 15 is 0 Å². The molecule has 9 nitrogen and oxygen atoms in total. The molecule has 3 fully saturated rings. The molecule has 9 heteroatoms. The van der Waals surface area contributed by atoms with Gasteiger partial charge in [0.15, 0.2) is 12.4 Å². The van der Waals surface area contributed by atoms with Gasteiger partial charge in [0.1, 0.15) is 18.8 Å². The second-order valence-electron chi connectivity index (χ2n) is 15.0. The lowest BCUT2D eigenvalue weighted by molar-refractivity contribution is -0.184. The number of hydrogen-bond acceptors (Lipinski definition) is 8. The van der Waals surface area contributed by atoms with Crippen LogP contribution in [0.25, 0.3) is 0 Å². The van der Waals surface area contributed by atoms with Gasteiger partial charge in [0.05, 0.1) is 6.54 Å². The third-order valence-electron chi connectivity index (χ3n) is 12.0. The highest BCUT2D eigenvalue weighted by Crippen LogP contribution is 2.67. The first-order chi connectivity index (χ1) is 20.3. The van der Waals surface area contributed by atoms with Gasteiger partial charge in [-0.05, 0) is 91.3 Å². The molecule has 0 aliphatic heterocycles. The van der Waals surface area contributed by atoms with Crippen molar-refractivity contribution in [1.82, 2.24) is 5.32 Å². The molecule has 0 aromatic carbocycles. The van der Waals surface area contributed by atoms with E-state index in [9.17, 15) is 19.8 Å². The summed E-state index contributed by atoms with van der Waals surface area (Å²) in [7, 11) is 0. The molecular weight excluding hydrogens is 550 g/mol. The Hall–Kier alpha value is -1.68. The average Bonchev–Trinajstić information content (AvgIpc) is 3.31. The van der Waals surface area contributed by atoms with Crippen molar-refractivity contribution in [2.24, 2.45) is 46.3 Å². The number of alkyl carbamates (subject to hydrolysis) is 1. The highest BCUT2D eigenvalue weighted by atomic mass is 16.6. The number of hydrogen-bond donors (Lipinski definition) is 5. The Bertz CT molecular complexity index is 999. The van der Waals surface area contributed by atoms with Crippen molar-refractivity contribution in [3.8, 4) is 0 Å². The maximum absolute atomic E-state index is 12.5. The molecule has 4 aliphatic carbocycles. The lowest BCUT2D eigenvalue weighted by atomic mass is 9.47. The number of nitrogens with one attached hydrogen (secondary N) is 1. The van der Waals surface area contributed by atoms with Crippen LogP contribution in [0.1, 0.15) is 105 Å². The zero-order valence-electron chi connectivity index (χ0n) is 27.0. The van der Waals surface area contributed by atoms with Crippen LogP contribution in [0.3, 0.4) is 0 Å². The summed E-state index contributed by atoms with van der Waals surface area (Å²) in [6.07, 6.45) is 8.46. The summed E-state index contributed by atoms with van der Waals surface area (Å²) in [4.78, 5) is 24.1. The molecular formula is C34H57NO8. The second-order valence-corrected chi connectivity index (χ2v) is 15.0. The van der Waals surface area contributed by atoms with E-state index in [4.69, 9.17) is 19.7 Å². The molecule has 43 heavy (non-hydrogen) atoms. The third-order valence-corrected chi connectivity index (χ3v) is 12.0. The molecule has 0 aromatic heterocycles. The third kappa shape index (κ3) is 7.42. The van der Waals surface area contributed by atoms with Gasteiger partial charge in [-0.3, -0.25) is 0 Å². The summed E-state index contributed by atoms with van der Waals surface area (Å²) in [6.45, 7) is 12.0. The normalized spacial score (nSPS) is 35.7. The largest absolute Gasteiger partial charge is 0.462 e.